The average molecular weight is 380 g/mol. The van der Waals surface area contributed by atoms with Gasteiger partial charge in [0.25, 0.3) is 11.6 Å². The van der Waals surface area contributed by atoms with Crippen LogP contribution in [0.2, 0.25) is 0 Å². The number of nitro groups is 1. The summed E-state index contributed by atoms with van der Waals surface area (Å²) in [5.74, 6) is -0.661. The van der Waals surface area contributed by atoms with Gasteiger partial charge in [-0.1, -0.05) is 0 Å². The highest BCUT2D eigenvalue weighted by atomic mass is 16.6. The van der Waals surface area contributed by atoms with E-state index in [1.807, 2.05) is 0 Å². The van der Waals surface area contributed by atoms with Crippen LogP contribution in [0, 0.1) is 16.0 Å². The van der Waals surface area contributed by atoms with E-state index in [0.29, 0.717) is 32.5 Å². The number of hydrogen-bond acceptors (Lipinski definition) is 7. The summed E-state index contributed by atoms with van der Waals surface area (Å²) in [4.78, 5) is 37.4. The molecule has 1 saturated heterocycles. The van der Waals surface area contributed by atoms with Crippen molar-refractivity contribution in [3.8, 4) is 11.5 Å². The molecule has 0 aliphatic carbocycles. The van der Waals surface area contributed by atoms with Crippen molar-refractivity contribution >= 4 is 17.5 Å². The van der Waals surface area contributed by atoms with Crippen molar-refractivity contribution in [1.29, 1.82) is 0 Å². The SMILES string of the molecule is COc1cc(C(=O)N2CCCC(C(=O)NCCN)C2)c([N+](=O)[O-])cc1OC. The van der Waals surface area contributed by atoms with Crippen molar-refractivity contribution in [3.63, 3.8) is 0 Å². The summed E-state index contributed by atoms with van der Waals surface area (Å²) in [7, 11) is 2.74. The Hall–Kier alpha value is -2.88. The van der Waals surface area contributed by atoms with E-state index >= 15 is 0 Å². The van der Waals surface area contributed by atoms with E-state index in [1.165, 1.54) is 31.3 Å². The normalized spacial score (nSPS) is 16.6. The van der Waals surface area contributed by atoms with Crippen molar-refractivity contribution in [1.82, 2.24) is 10.2 Å². The van der Waals surface area contributed by atoms with Gasteiger partial charge in [0.05, 0.1) is 31.1 Å². The smallest absolute Gasteiger partial charge is 0.286 e. The molecule has 0 spiro atoms. The molecule has 0 saturated carbocycles. The van der Waals surface area contributed by atoms with Crippen LogP contribution in [-0.4, -0.2) is 62.0 Å². The molecule has 1 fully saturated rings. The van der Waals surface area contributed by atoms with Crippen LogP contribution in [-0.2, 0) is 4.79 Å². The van der Waals surface area contributed by atoms with Crippen LogP contribution in [0.3, 0.4) is 0 Å². The Morgan fingerprint density at radius 3 is 2.59 bits per heavy atom. The number of carbonyl (C=O) groups is 2. The molecule has 1 aliphatic rings. The van der Waals surface area contributed by atoms with E-state index in [4.69, 9.17) is 15.2 Å². The summed E-state index contributed by atoms with van der Waals surface area (Å²) in [6, 6.07) is 2.47. The average Bonchev–Trinajstić information content (AvgIpc) is 2.70. The van der Waals surface area contributed by atoms with Crippen LogP contribution in [0.15, 0.2) is 12.1 Å². The molecule has 27 heavy (non-hydrogen) atoms. The van der Waals surface area contributed by atoms with Crippen LogP contribution in [0.25, 0.3) is 0 Å². The molecule has 10 nitrogen and oxygen atoms in total. The van der Waals surface area contributed by atoms with Gasteiger partial charge in [0.1, 0.15) is 5.56 Å². The van der Waals surface area contributed by atoms with Gasteiger partial charge in [-0.2, -0.15) is 0 Å². The molecule has 2 amide bonds. The Morgan fingerprint density at radius 1 is 1.33 bits per heavy atom. The van der Waals surface area contributed by atoms with Crippen molar-refractivity contribution in [3.05, 3.63) is 27.8 Å². The van der Waals surface area contributed by atoms with E-state index in [0.717, 1.165) is 0 Å². The summed E-state index contributed by atoms with van der Waals surface area (Å²) in [5.41, 5.74) is 4.92. The van der Waals surface area contributed by atoms with E-state index < -0.39 is 10.8 Å². The van der Waals surface area contributed by atoms with Crippen LogP contribution >= 0.6 is 0 Å². The highest BCUT2D eigenvalue weighted by Crippen LogP contribution is 2.35. The lowest BCUT2D eigenvalue weighted by Crippen LogP contribution is -2.46. The Balaban J connectivity index is 2.28. The fourth-order valence-electron chi connectivity index (χ4n) is 3.08. The third kappa shape index (κ3) is 4.64. The Bertz CT molecular complexity index is 724. The van der Waals surface area contributed by atoms with Gasteiger partial charge >= 0.3 is 0 Å². The maximum absolute atomic E-state index is 12.9. The second-order valence-corrected chi connectivity index (χ2v) is 6.15. The zero-order valence-electron chi connectivity index (χ0n) is 15.4. The molecule has 1 aliphatic heterocycles. The molecule has 1 aromatic carbocycles. The number of rotatable bonds is 7. The number of likely N-dealkylation sites (tertiary alicyclic amines) is 1. The third-order valence-electron chi connectivity index (χ3n) is 4.45. The third-order valence-corrected chi connectivity index (χ3v) is 4.45. The molecular formula is C17H24N4O6. The zero-order valence-corrected chi connectivity index (χ0v) is 15.4. The number of hydrogen-bond donors (Lipinski definition) is 2. The summed E-state index contributed by atoms with van der Waals surface area (Å²) >= 11 is 0. The van der Waals surface area contributed by atoms with Crippen LogP contribution < -0.4 is 20.5 Å². The first-order valence-corrected chi connectivity index (χ1v) is 8.60. The summed E-state index contributed by atoms with van der Waals surface area (Å²) in [6.07, 6.45) is 1.28. The number of carbonyl (C=O) groups excluding carboxylic acids is 2. The largest absolute Gasteiger partial charge is 0.493 e. The first kappa shape index (κ1) is 20.4. The second-order valence-electron chi connectivity index (χ2n) is 6.15. The summed E-state index contributed by atoms with van der Waals surface area (Å²) in [6.45, 7) is 1.31. The molecule has 0 radical (unpaired) electrons. The van der Waals surface area contributed by atoms with Gasteiger partial charge in [-0.25, -0.2) is 0 Å². The molecule has 2 rings (SSSR count). The standard InChI is InChI=1S/C17H24N4O6/c1-26-14-8-12(13(21(24)25)9-15(14)27-2)17(23)20-7-3-4-11(10-20)16(22)19-6-5-18/h8-9,11H,3-7,10,18H2,1-2H3,(H,19,22). The maximum atomic E-state index is 12.9. The number of nitrogens with one attached hydrogen (secondary N) is 1. The number of nitrogens with zero attached hydrogens (tertiary/aromatic N) is 2. The van der Waals surface area contributed by atoms with Gasteiger partial charge in [-0.15, -0.1) is 0 Å². The van der Waals surface area contributed by atoms with Gasteiger partial charge < -0.3 is 25.4 Å². The minimum Gasteiger partial charge on any atom is -0.493 e. The number of ether oxygens (including phenoxy) is 2. The Kier molecular flexibility index (Phi) is 6.94. The molecule has 1 heterocycles. The number of nitro benzene ring substituents is 1. The lowest BCUT2D eigenvalue weighted by atomic mass is 9.96. The molecular weight excluding hydrogens is 356 g/mol. The molecule has 3 N–H and O–H groups in total. The lowest BCUT2D eigenvalue weighted by Gasteiger charge is -2.32. The van der Waals surface area contributed by atoms with Crippen LogP contribution in [0.4, 0.5) is 5.69 Å². The maximum Gasteiger partial charge on any atom is 0.286 e. The molecule has 1 atom stereocenters. The van der Waals surface area contributed by atoms with Gasteiger partial charge in [0.2, 0.25) is 5.91 Å². The lowest BCUT2D eigenvalue weighted by molar-refractivity contribution is -0.385. The van der Waals surface area contributed by atoms with E-state index in [1.54, 1.807) is 0 Å². The molecule has 148 valence electrons. The number of nitrogens with two attached hydrogens (primary N) is 1. The second kappa shape index (κ2) is 9.17. The first-order valence-electron chi connectivity index (χ1n) is 8.60. The quantitative estimate of drug-likeness (QED) is 0.520. The predicted octanol–water partition coefficient (Wildman–Crippen LogP) is 0.539. The fourth-order valence-corrected chi connectivity index (χ4v) is 3.08. The van der Waals surface area contributed by atoms with Gasteiger partial charge in [-0.3, -0.25) is 19.7 Å². The van der Waals surface area contributed by atoms with E-state index in [2.05, 4.69) is 5.32 Å². The van der Waals surface area contributed by atoms with E-state index in [9.17, 15) is 19.7 Å². The minimum absolute atomic E-state index is 0.0966. The Morgan fingerprint density at radius 2 is 2.00 bits per heavy atom. The van der Waals surface area contributed by atoms with Crippen molar-refractivity contribution in [2.75, 3.05) is 40.4 Å². The van der Waals surface area contributed by atoms with Crippen LogP contribution in [0.5, 0.6) is 11.5 Å². The number of piperidine rings is 1. The van der Waals surface area contributed by atoms with Crippen molar-refractivity contribution in [2.45, 2.75) is 12.8 Å². The molecule has 1 aromatic rings. The first-order chi connectivity index (χ1) is 12.9. The summed E-state index contributed by atoms with van der Waals surface area (Å²) in [5, 5.41) is 14.1. The van der Waals surface area contributed by atoms with Crippen LogP contribution in [0.1, 0.15) is 23.2 Å². The molecule has 0 aromatic heterocycles. The van der Waals surface area contributed by atoms with Gasteiger partial charge in [0, 0.05) is 32.2 Å². The number of amides is 2. The zero-order chi connectivity index (χ0) is 20.0. The minimum atomic E-state index is -0.634. The van der Waals surface area contributed by atoms with Gasteiger partial charge in [0.15, 0.2) is 11.5 Å². The number of benzene rings is 1. The van der Waals surface area contributed by atoms with Gasteiger partial charge in [-0.05, 0) is 12.8 Å². The molecule has 10 heteroatoms. The molecule has 1 unspecified atom stereocenters. The fraction of sp³-hybridized carbons (Fsp3) is 0.529. The number of methoxy groups -OCH3 is 2. The van der Waals surface area contributed by atoms with E-state index in [-0.39, 0.29) is 41.1 Å². The highest BCUT2D eigenvalue weighted by Gasteiger charge is 2.32. The monoisotopic (exact) mass is 380 g/mol. The summed E-state index contributed by atoms with van der Waals surface area (Å²) < 4.78 is 10.2. The Labute approximate surface area is 156 Å². The van der Waals surface area contributed by atoms with Crippen molar-refractivity contribution < 1.29 is 24.0 Å². The topological polar surface area (TPSA) is 137 Å². The highest BCUT2D eigenvalue weighted by molar-refractivity contribution is 5.99. The molecule has 0 bridgehead atoms. The van der Waals surface area contributed by atoms with Crippen molar-refractivity contribution in [2.24, 2.45) is 11.7 Å². The predicted molar refractivity (Wildman–Crippen MR) is 96.9 cm³/mol.